The number of carbonyl (C=O) groups is 1. The van der Waals surface area contributed by atoms with E-state index >= 15 is 0 Å². The van der Waals surface area contributed by atoms with Crippen LogP contribution in [0.4, 0.5) is 4.39 Å². The van der Waals surface area contributed by atoms with E-state index in [1.54, 1.807) is 13.8 Å². The van der Waals surface area contributed by atoms with Crippen LogP contribution in [0, 0.1) is 5.92 Å². The van der Waals surface area contributed by atoms with E-state index in [-0.39, 0.29) is 11.7 Å². The zero-order valence-electron chi connectivity index (χ0n) is 8.48. The first-order chi connectivity index (χ1) is 5.33. The van der Waals surface area contributed by atoms with Crippen molar-refractivity contribution in [2.24, 2.45) is 5.92 Å². The maximum absolute atomic E-state index is 12.9. The number of carbonyl (C=O) groups excluding carboxylic acids is 1. The Hall–Kier alpha value is -0.400. The van der Waals surface area contributed by atoms with Gasteiger partial charge < -0.3 is 0 Å². The molecule has 0 aliphatic rings. The quantitative estimate of drug-likeness (QED) is 0.625. The SMILES string of the molecule is CC(C)C(=O)CCCC(C)(C)F. The van der Waals surface area contributed by atoms with Gasteiger partial charge in [0.05, 0.1) is 0 Å². The van der Waals surface area contributed by atoms with Crippen LogP contribution >= 0.6 is 0 Å². The van der Waals surface area contributed by atoms with Gasteiger partial charge in [0.2, 0.25) is 0 Å². The lowest BCUT2D eigenvalue weighted by Gasteiger charge is -2.13. The lowest BCUT2D eigenvalue weighted by Crippen LogP contribution is -2.13. The predicted molar refractivity (Wildman–Crippen MR) is 48.9 cm³/mol. The van der Waals surface area contributed by atoms with E-state index in [4.69, 9.17) is 0 Å². The van der Waals surface area contributed by atoms with E-state index in [2.05, 4.69) is 0 Å². The molecule has 0 aromatic carbocycles. The minimum atomic E-state index is -1.13. The first-order valence-electron chi connectivity index (χ1n) is 4.54. The molecule has 0 aliphatic carbocycles. The van der Waals surface area contributed by atoms with Crippen molar-refractivity contribution in [1.29, 1.82) is 0 Å². The molecular formula is C10H19FO. The number of alkyl halides is 1. The largest absolute Gasteiger partial charge is 0.299 e. The molecule has 0 saturated heterocycles. The highest BCUT2D eigenvalue weighted by molar-refractivity contribution is 5.80. The van der Waals surface area contributed by atoms with E-state index in [1.165, 1.54) is 0 Å². The molecule has 0 rings (SSSR count). The van der Waals surface area contributed by atoms with Gasteiger partial charge >= 0.3 is 0 Å². The monoisotopic (exact) mass is 174 g/mol. The maximum Gasteiger partial charge on any atom is 0.135 e. The van der Waals surface area contributed by atoms with E-state index in [1.807, 2.05) is 13.8 Å². The van der Waals surface area contributed by atoms with E-state index in [9.17, 15) is 9.18 Å². The Morgan fingerprint density at radius 3 is 2.25 bits per heavy atom. The minimum absolute atomic E-state index is 0.0905. The number of ketones is 1. The molecule has 0 aromatic rings. The van der Waals surface area contributed by atoms with Crippen LogP contribution in [0.2, 0.25) is 0 Å². The van der Waals surface area contributed by atoms with Crippen LogP contribution < -0.4 is 0 Å². The summed E-state index contributed by atoms with van der Waals surface area (Å²) in [5.41, 5.74) is -1.13. The van der Waals surface area contributed by atoms with Crippen molar-refractivity contribution in [3.05, 3.63) is 0 Å². The van der Waals surface area contributed by atoms with Crippen molar-refractivity contribution in [3.63, 3.8) is 0 Å². The van der Waals surface area contributed by atoms with E-state index < -0.39 is 5.67 Å². The first kappa shape index (κ1) is 11.6. The van der Waals surface area contributed by atoms with Crippen molar-refractivity contribution >= 4 is 5.78 Å². The first-order valence-corrected chi connectivity index (χ1v) is 4.54. The van der Waals surface area contributed by atoms with Gasteiger partial charge in [-0.1, -0.05) is 13.8 Å². The average molecular weight is 174 g/mol. The van der Waals surface area contributed by atoms with Crippen LogP contribution in [0.15, 0.2) is 0 Å². The minimum Gasteiger partial charge on any atom is -0.299 e. The summed E-state index contributed by atoms with van der Waals surface area (Å²) in [6.07, 6.45) is 1.66. The smallest absolute Gasteiger partial charge is 0.135 e. The van der Waals surface area contributed by atoms with Gasteiger partial charge in [-0.3, -0.25) is 4.79 Å². The summed E-state index contributed by atoms with van der Waals surface area (Å²) < 4.78 is 12.9. The molecule has 0 fully saturated rings. The molecule has 72 valence electrons. The molecule has 2 heteroatoms. The van der Waals surface area contributed by atoms with Gasteiger partial charge in [0.1, 0.15) is 11.5 Å². The van der Waals surface area contributed by atoms with Crippen LogP contribution in [-0.4, -0.2) is 11.5 Å². The van der Waals surface area contributed by atoms with Crippen LogP contribution in [0.5, 0.6) is 0 Å². The molecule has 0 aliphatic heterocycles. The van der Waals surface area contributed by atoms with Crippen molar-refractivity contribution < 1.29 is 9.18 Å². The van der Waals surface area contributed by atoms with Gasteiger partial charge in [-0.15, -0.1) is 0 Å². The molecule has 0 heterocycles. The fourth-order valence-corrected chi connectivity index (χ4v) is 0.972. The highest BCUT2D eigenvalue weighted by Crippen LogP contribution is 2.17. The third-order valence-electron chi connectivity index (χ3n) is 1.84. The fraction of sp³-hybridized carbons (Fsp3) is 0.900. The second-order valence-corrected chi connectivity index (χ2v) is 4.19. The van der Waals surface area contributed by atoms with Gasteiger partial charge in [-0.25, -0.2) is 4.39 Å². The number of Topliss-reactive ketones (excluding diaryl/α,β-unsaturated/α-hetero) is 1. The fourth-order valence-electron chi connectivity index (χ4n) is 0.972. The average Bonchev–Trinajstić information content (AvgIpc) is 1.84. The third-order valence-corrected chi connectivity index (χ3v) is 1.84. The molecule has 0 aromatic heterocycles. The van der Waals surface area contributed by atoms with Crippen molar-refractivity contribution in [2.75, 3.05) is 0 Å². The Labute approximate surface area is 74.4 Å². The van der Waals surface area contributed by atoms with Gasteiger partial charge in [0, 0.05) is 12.3 Å². The van der Waals surface area contributed by atoms with Gasteiger partial charge in [-0.2, -0.15) is 0 Å². The molecular weight excluding hydrogens is 155 g/mol. The summed E-state index contributed by atoms with van der Waals surface area (Å²) in [6.45, 7) is 6.85. The molecule has 1 nitrogen and oxygen atoms in total. The van der Waals surface area contributed by atoms with Gasteiger partial charge in [0.25, 0.3) is 0 Å². The van der Waals surface area contributed by atoms with Crippen molar-refractivity contribution in [1.82, 2.24) is 0 Å². The summed E-state index contributed by atoms with van der Waals surface area (Å²) in [7, 11) is 0. The second kappa shape index (κ2) is 4.58. The normalized spacial score (nSPS) is 12.2. The number of rotatable bonds is 5. The number of hydrogen-bond acceptors (Lipinski definition) is 1. The maximum atomic E-state index is 12.9. The second-order valence-electron chi connectivity index (χ2n) is 4.19. The van der Waals surface area contributed by atoms with Gasteiger partial charge in [-0.05, 0) is 26.7 Å². The molecule has 0 saturated carbocycles. The van der Waals surface area contributed by atoms with Crippen molar-refractivity contribution in [2.45, 2.75) is 52.6 Å². The van der Waals surface area contributed by atoms with Crippen LogP contribution in [0.3, 0.4) is 0 Å². The Morgan fingerprint density at radius 2 is 1.92 bits per heavy atom. The highest BCUT2D eigenvalue weighted by Gasteiger charge is 2.16. The van der Waals surface area contributed by atoms with Crippen LogP contribution in [-0.2, 0) is 4.79 Å². The Balaban J connectivity index is 3.51. The lowest BCUT2D eigenvalue weighted by molar-refractivity contribution is -0.122. The topological polar surface area (TPSA) is 17.1 Å². The van der Waals surface area contributed by atoms with Crippen molar-refractivity contribution in [3.8, 4) is 0 Å². The number of halogens is 1. The molecule has 0 bridgehead atoms. The standard InChI is InChI=1S/C10H19FO/c1-8(2)9(12)6-5-7-10(3,4)11/h8H,5-7H2,1-4H3. The number of hydrogen-bond donors (Lipinski definition) is 0. The summed E-state index contributed by atoms with van der Waals surface area (Å²) in [6, 6.07) is 0. The summed E-state index contributed by atoms with van der Waals surface area (Å²) in [5, 5.41) is 0. The van der Waals surface area contributed by atoms with E-state index in [0.29, 0.717) is 19.3 Å². The highest BCUT2D eigenvalue weighted by atomic mass is 19.1. The molecule has 0 unspecified atom stereocenters. The summed E-state index contributed by atoms with van der Waals surface area (Å²) in [5.74, 6) is 0.326. The third kappa shape index (κ3) is 6.32. The lowest BCUT2D eigenvalue weighted by atomic mass is 9.98. The van der Waals surface area contributed by atoms with Crippen LogP contribution in [0.25, 0.3) is 0 Å². The molecule has 12 heavy (non-hydrogen) atoms. The molecule has 0 amide bonds. The Bertz CT molecular complexity index is 144. The summed E-state index contributed by atoms with van der Waals surface area (Å²) in [4.78, 5) is 11.1. The van der Waals surface area contributed by atoms with E-state index in [0.717, 1.165) is 0 Å². The van der Waals surface area contributed by atoms with Gasteiger partial charge in [0.15, 0.2) is 0 Å². The zero-order valence-corrected chi connectivity index (χ0v) is 8.48. The summed E-state index contributed by atoms with van der Waals surface area (Å²) >= 11 is 0. The zero-order chi connectivity index (χ0) is 9.78. The molecule has 0 spiro atoms. The predicted octanol–water partition coefficient (Wildman–Crippen LogP) is 3.13. The molecule has 0 atom stereocenters. The molecule has 0 radical (unpaired) electrons. The molecule has 0 N–H and O–H groups in total. The van der Waals surface area contributed by atoms with Crippen LogP contribution in [0.1, 0.15) is 47.0 Å². The Morgan fingerprint density at radius 1 is 1.42 bits per heavy atom. The Kier molecular flexibility index (Phi) is 4.43.